The maximum absolute atomic E-state index is 10.7. The highest BCUT2D eigenvalue weighted by Crippen LogP contribution is 2.17. The number of halogens is 1. The number of carbonyl (C=O) groups is 2. The molecule has 0 amide bonds. The smallest absolute Gasteiger partial charge is 0.365 e. The molecule has 0 atom stereocenters. The summed E-state index contributed by atoms with van der Waals surface area (Å²) in [5.41, 5.74) is -0.0696. The summed E-state index contributed by atoms with van der Waals surface area (Å²) in [6, 6.07) is 5.86. The fourth-order valence-electron chi connectivity index (χ4n) is 0.830. The predicted molar refractivity (Wildman–Crippen MR) is 53.9 cm³/mol. The van der Waals surface area contributed by atoms with Crippen LogP contribution in [0.25, 0.3) is 0 Å². The summed E-state index contributed by atoms with van der Waals surface area (Å²) < 4.78 is 0. The molecular formula is C9H7BrO5. The van der Waals surface area contributed by atoms with Crippen molar-refractivity contribution in [1.82, 2.24) is 0 Å². The highest BCUT2D eigenvalue weighted by Gasteiger charge is 2.12. The molecule has 0 saturated heterocycles. The maximum atomic E-state index is 10.7. The molecule has 0 aromatic heterocycles. The normalized spacial score (nSPS) is 9.40. The first-order chi connectivity index (χ1) is 7.15. The predicted octanol–water partition coefficient (Wildman–Crippen LogP) is 1.62. The van der Waals surface area contributed by atoms with Gasteiger partial charge < -0.3 is 5.11 Å². The fraction of sp³-hybridized carbons (Fsp3) is 0.111. The number of aromatic carboxylic acids is 1. The lowest BCUT2D eigenvalue weighted by molar-refractivity contribution is -0.210. The quantitative estimate of drug-likeness (QED) is 0.513. The van der Waals surface area contributed by atoms with E-state index in [0.717, 1.165) is 0 Å². The number of carbonyl (C=O) groups excluding carboxylic acids is 1. The van der Waals surface area contributed by atoms with Crippen LogP contribution < -0.4 is 4.89 Å². The second-order valence-corrected chi connectivity index (χ2v) is 3.03. The zero-order chi connectivity index (χ0) is 11.3. The number of carboxylic acids is 1. The molecule has 6 heteroatoms. The van der Waals surface area contributed by atoms with Crippen LogP contribution >= 0.6 is 15.9 Å². The summed E-state index contributed by atoms with van der Waals surface area (Å²) in [5.74, 6) is -1.81. The van der Waals surface area contributed by atoms with E-state index >= 15 is 0 Å². The molecule has 0 fully saturated rings. The molecule has 0 aliphatic rings. The summed E-state index contributed by atoms with van der Waals surface area (Å²) in [4.78, 5) is 30.3. The van der Waals surface area contributed by atoms with Crippen LogP contribution in [-0.4, -0.2) is 22.4 Å². The van der Waals surface area contributed by atoms with Crippen LogP contribution in [0.15, 0.2) is 24.3 Å². The molecule has 0 bridgehead atoms. The van der Waals surface area contributed by atoms with E-state index < -0.39 is 11.9 Å². The first-order valence-corrected chi connectivity index (χ1v) is 5.03. The lowest BCUT2D eigenvalue weighted by atomic mass is 10.2. The van der Waals surface area contributed by atoms with E-state index in [0.29, 0.717) is 0 Å². The summed E-state index contributed by atoms with van der Waals surface area (Å²) >= 11 is 2.86. The summed E-state index contributed by atoms with van der Waals surface area (Å²) in [6.07, 6.45) is 0. The summed E-state index contributed by atoms with van der Waals surface area (Å²) in [6.45, 7) is 0. The van der Waals surface area contributed by atoms with E-state index in [2.05, 4.69) is 25.7 Å². The topological polar surface area (TPSA) is 72.8 Å². The minimum Gasteiger partial charge on any atom is -0.478 e. The Hall–Kier alpha value is -1.56. The van der Waals surface area contributed by atoms with Gasteiger partial charge in [-0.3, -0.25) is 4.89 Å². The van der Waals surface area contributed by atoms with Crippen molar-refractivity contribution in [1.29, 1.82) is 0 Å². The summed E-state index contributed by atoms with van der Waals surface area (Å²) in [5, 5.41) is 8.73. The molecule has 0 radical (unpaired) electrons. The number of hydrogen-bond donors (Lipinski definition) is 1. The lowest BCUT2D eigenvalue weighted by Crippen LogP contribution is -2.10. The van der Waals surface area contributed by atoms with Gasteiger partial charge in [0.1, 0.15) is 10.9 Å². The van der Waals surface area contributed by atoms with Gasteiger partial charge in [0, 0.05) is 0 Å². The average Bonchev–Trinajstić information content (AvgIpc) is 2.26. The second-order valence-electron chi connectivity index (χ2n) is 2.47. The van der Waals surface area contributed by atoms with E-state index in [1.807, 2.05) is 0 Å². The van der Waals surface area contributed by atoms with Crippen molar-refractivity contribution in [2.24, 2.45) is 0 Å². The van der Waals surface area contributed by atoms with Crippen molar-refractivity contribution >= 4 is 27.9 Å². The Labute approximate surface area is 93.7 Å². The fourth-order valence-corrected chi connectivity index (χ4v) is 0.923. The molecule has 1 N–H and O–H groups in total. The standard InChI is InChI=1S/C9H7BrO5/c10-5-8(11)15-14-7-4-2-1-3-6(7)9(12)13/h1-4H,5H2,(H,12,13). The first-order valence-electron chi connectivity index (χ1n) is 3.90. The Kier molecular flexibility index (Phi) is 4.11. The van der Waals surface area contributed by atoms with E-state index in [1.165, 1.54) is 12.1 Å². The van der Waals surface area contributed by atoms with Gasteiger partial charge in [-0.05, 0) is 12.1 Å². The zero-order valence-corrected chi connectivity index (χ0v) is 9.06. The molecule has 0 unspecified atom stereocenters. The lowest BCUT2D eigenvalue weighted by Gasteiger charge is -2.05. The van der Waals surface area contributed by atoms with Gasteiger partial charge in [-0.15, -0.1) is 0 Å². The van der Waals surface area contributed by atoms with E-state index in [1.54, 1.807) is 12.1 Å². The Morgan fingerprint density at radius 3 is 2.60 bits per heavy atom. The van der Waals surface area contributed by atoms with E-state index in [4.69, 9.17) is 5.11 Å². The molecule has 1 aromatic rings. The van der Waals surface area contributed by atoms with Gasteiger partial charge in [0.2, 0.25) is 0 Å². The van der Waals surface area contributed by atoms with Gasteiger partial charge >= 0.3 is 11.9 Å². The highest BCUT2D eigenvalue weighted by molar-refractivity contribution is 9.09. The molecule has 1 rings (SSSR count). The average molecular weight is 275 g/mol. The van der Waals surface area contributed by atoms with Crippen molar-refractivity contribution in [3.05, 3.63) is 29.8 Å². The first kappa shape index (κ1) is 11.5. The van der Waals surface area contributed by atoms with Crippen LogP contribution in [0, 0.1) is 0 Å². The van der Waals surface area contributed by atoms with Gasteiger partial charge in [-0.25, -0.2) is 14.5 Å². The van der Waals surface area contributed by atoms with Crippen molar-refractivity contribution in [3.63, 3.8) is 0 Å². The molecular weight excluding hydrogens is 268 g/mol. The molecule has 5 nitrogen and oxygen atoms in total. The summed E-state index contributed by atoms with van der Waals surface area (Å²) in [7, 11) is 0. The number of alkyl halides is 1. The molecule has 0 heterocycles. The van der Waals surface area contributed by atoms with Crippen molar-refractivity contribution < 1.29 is 24.5 Å². The van der Waals surface area contributed by atoms with Crippen molar-refractivity contribution in [2.75, 3.05) is 5.33 Å². The Bertz CT molecular complexity index is 377. The number of rotatable bonds is 4. The van der Waals surface area contributed by atoms with Gasteiger partial charge in [0.05, 0.1) is 0 Å². The highest BCUT2D eigenvalue weighted by atomic mass is 79.9. The molecule has 0 aliphatic heterocycles. The molecule has 15 heavy (non-hydrogen) atoms. The third-order valence-electron chi connectivity index (χ3n) is 1.45. The monoisotopic (exact) mass is 274 g/mol. The number of benzene rings is 1. The number of para-hydroxylation sites is 1. The van der Waals surface area contributed by atoms with Gasteiger partial charge in [-0.2, -0.15) is 0 Å². The SMILES string of the molecule is O=C(CBr)OOc1ccccc1C(=O)O. The van der Waals surface area contributed by atoms with Crippen molar-refractivity contribution in [3.8, 4) is 5.75 Å². The van der Waals surface area contributed by atoms with Gasteiger partial charge in [0.25, 0.3) is 0 Å². The second kappa shape index (κ2) is 5.35. The third kappa shape index (κ3) is 3.25. The van der Waals surface area contributed by atoms with Crippen LogP contribution in [0.4, 0.5) is 0 Å². The molecule has 0 spiro atoms. The Balaban J connectivity index is 2.76. The minimum atomic E-state index is -1.15. The molecule has 0 saturated carbocycles. The van der Waals surface area contributed by atoms with Crippen LogP contribution in [-0.2, 0) is 9.68 Å². The van der Waals surface area contributed by atoms with E-state index in [9.17, 15) is 9.59 Å². The van der Waals surface area contributed by atoms with E-state index in [-0.39, 0.29) is 16.6 Å². The van der Waals surface area contributed by atoms with Gasteiger partial charge in [-0.1, -0.05) is 28.1 Å². The van der Waals surface area contributed by atoms with Crippen LogP contribution in [0.2, 0.25) is 0 Å². The van der Waals surface area contributed by atoms with Crippen LogP contribution in [0.3, 0.4) is 0 Å². The molecule has 1 aromatic carbocycles. The van der Waals surface area contributed by atoms with Gasteiger partial charge in [0.15, 0.2) is 5.75 Å². The van der Waals surface area contributed by atoms with Crippen LogP contribution in [0.5, 0.6) is 5.75 Å². The molecule has 80 valence electrons. The Morgan fingerprint density at radius 1 is 1.33 bits per heavy atom. The largest absolute Gasteiger partial charge is 0.478 e. The van der Waals surface area contributed by atoms with Crippen molar-refractivity contribution in [2.45, 2.75) is 0 Å². The number of carboxylic acid groups (broad SMARTS) is 1. The minimum absolute atomic E-state index is 0.0145. The molecule has 0 aliphatic carbocycles. The third-order valence-corrected chi connectivity index (χ3v) is 1.91. The van der Waals surface area contributed by atoms with Crippen LogP contribution in [0.1, 0.15) is 10.4 Å². The number of hydrogen-bond acceptors (Lipinski definition) is 4. The Morgan fingerprint density at radius 2 is 2.00 bits per heavy atom. The maximum Gasteiger partial charge on any atom is 0.365 e. The zero-order valence-electron chi connectivity index (χ0n) is 7.47.